The lowest BCUT2D eigenvalue weighted by molar-refractivity contribution is -0.137. The van der Waals surface area contributed by atoms with Gasteiger partial charge in [0.05, 0.1) is 12.2 Å². The number of halogens is 1. The second-order valence-corrected chi connectivity index (χ2v) is 8.99. The second-order valence-electron chi connectivity index (χ2n) is 8.55. The van der Waals surface area contributed by atoms with Gasteiger partial charge in [-0.15, -0.1) is 0 Å². The first-order valence-electron chi connectivity index (χ1n) is 11.2. The number of carbonyl (C=O) groups is 2. The number of ether oxygens (including phenoxy) is 1. The van der Waals surface area contributed by atoms with Crippen molar-refractivity contribution in [1.29, 1.82) is 5.26 Å². The first-order chi connectivity index (χ1) is 16.3. The number of rotatable bonds is 12. The number of aliphatic carboxylic acids is 1. The van der Waals surface area contributed by atoms with Crippen LogP contribution in [0.1, 0.15) is 59.8 Å². The number of Topliss-reactive ketones (excluding diaryl/α,β-unsaturated/α-hetero) is 1. The van der Waals surface area contributed by atoms with E-state index in [9.17, 15) is 14.9 Å². The van der Waals surface area contributed by atoms with Gasteiger partial charge in [0.15, 0.2) is 5.78 Å². The van der Waals surface area contributed by atoms with E-state index in [-0.39, 0.29) is 24.5 Å². The van der Waals surface area contributed by atoms with Crippen LogP contribution in [0.3, 0.4) is 0 Å². The normalized spacial score (nSPS) is 11.9. The Bertz CT molecular complexity index is 1210. The van der Waals surface area contributed by atoms with Crippen molar-refractivity contribution in [3.63, 3.8) is 0 Å². The highest BCUT2D eigenvalue weighted by Crippen LogP contribution is 2.29. The van der Waals surface area contributed by atoms with E-state index >= 15 is 0 Å². The van der Waals surface area contributed by atoms with Crippen molar-refractivity contribution in [3.05, 3.63) is 63.9 Å². The molecule has 2 heterocycles. The molecule has 3 aromatic rings. The smallest absolute Gasteiger partial charge is 0.303 e. The summed E-state index contributed by atoms with van der Waals surface area (Å²) in [4.78, 5) is 28.7. The third-order valence-electron chi connectivity index (χ3n) is 5.75. The Kier molecular flexibility index (Phi) is 8.80. The van der Waals surface area contributed by atoms with Crippen LogP contribution in [0.2, 0.25) is 5.02 Å². The summed E-state index contributed by atoms with van der Waals surface area (Å²) in [5.41, 5.74) is 3.47. The molecule has 0 unspecified atom stereocenters. The molecule has 0 amide bonds. The fourth-order valence-corrected chi connectivity index (χ4v) is 4.21. The number of aryl methyl sites for hydroxylation is 1. The average Bonchev–Trinajstić information content (AvgIpc) is 3.07. The SMILES string of the molecule is C[C@H](CC(=O)O)CC(=O)c1c(CCCCOCc2ccc(Cl)cc2)n(C)c2ncc(C#N)cc12. The first-order valence-corrected chi connectivity index (χ1v) is 11.6. The minimum atomic E-state index is -0.925. The Morgan fingerprint density at radius 2 is 1.97 bits per heavy atom. The van der Waals surface area contributed by atoms with Gasteiger partial charge in [0.25, 0.3) is 0 Å². The van der Waals surface area contributed by atoms with Gasteiger partial charge in [0.2, 0.25) is 0 Å². The number of unbranched alkanes of at least 4 members (excludes halogenated alkanes) is 1. The summed E-state index contributed by atoms with van der Waals surface area (Å²) in [5.74, 6) is -1.34. The van der Waals surface area contributed by atoms with Gasteiger partial charge in [-0.05, 0) is 48.9 Å². The molecular formula is C26H28ClN3O4. The molecule has 1 atom stereocenters. The summed E-state index contributed by atoms with van der Waals surface area (Å²) in [6.45, 7) is 2.85. The maximum Gasteiger partial charge on any atom is 0.303 e. The molecule has 7 nitrogen and oxygen atoms in total. The predicted octanol–water partition coefficient (Wildman–Crippen LogP) is 5.32. The van der Waals surface area contributed by atoms with E-state index in [1.54, 1.807) is 13.0 Å². The van der Waals surface area contributed by atoms with Crippen LogP contribution < -0.4 is 0 Å². The number of benzene rings is 1. The number of ketones is 1. The van der Waals surface area contributed by atoms with Gasteiger partial charge >= 0.3 is 5.97 Å². The minimum Gasteiger partial charge on any atom is -0.481 e. The summed E-state index contributed by atoms with van der Waals surface area (Å²) in [6.07, 6.45) is 3.82. The molecular weight excluding hydrogens is 454 g/mol. The highest BCUT2D eigenvalue weighted by atomic mass is 35.5. The summed E-state index contributed by atoms with van der Waals surface area (Å²) < 4.78 is 7.67. The van der Waals surface area contributed by atoms with E-state index in [0.717, 1.165) is 24.1 Å². The molecule has 0 aliphatic rings. The van der Waals surface area contributed by atoms with E-state index in [2.05, 4.69) is 11.1 Å². The second kappa shape index (κ2) is 11.8. The van der Waals surface area contributed by atoms with Crippen LogP contribution in [0.15, 0.2) is 36.5 Å². The highest BCUT2D eigenvalue weighted by Gasteiger charge is 2.24. The maximum atomic E-state index is 13.2. The Balaban J connectivity index is 1.71. The third kappa shape index (κ3) is 6.43. The fraction of sp³-hybridized carbons (Fsp3) is 0.385. The van der Waals surface area contributed by atoms with Crippen LogP contribution in [0.25, 0.3) is 11.0 Å². The standard InChI is InChI=1S/C26H28ClN3O4/c1-17(12-24(32)33)11-23(31)25-21-13-19(14-28)15-29-26(21)30(2)22(25)5-3-4-10-34-16-18-6-8-20(27)9-7-18/h6-9,13,15,17H,3-5,10-12,16H2,1-2H3,(H,32,33)/t17-/m0/s1. The molecule has 0 bridgehead atoms. The predicted molar refractivity (Wildman–Crippen MR) is 130 cm³/mol. The molecule has 178 valence electrons. The van der Waals surface area contributed by atoms with E-state index in [1.165, 1.54) is 6.20 Å². The molecule has 0 aliphatic carbocycles. The minimum absolute atomic E-state index is 0.0709. The number of hydrogen-bond donors (Lipinski definition) is 1. The van der Waals surface area contributed by atoms with Crippen molar-refractivity contribution < 1.29 is 19.4 Å². The molecule has 8 heteroatoms. The molecule has 0 radical (unpaired) electrons. The van der Waals surface area contributed by atoms with E-state index in [4.69, 9.17) is 21.4 Å². The van der Waals surface area contributed by atoms with Crippen molar-refractivity contribution in [2.45, 2.75) is 45.6 Å². The Labute approximate surface area is 203 Å². The first kappa shape index (κ1) is 25.4. The largest absolute Gasteiger partial charge is 0.481 e. The lowest BCUT2D eigenvalue weighted by atomic mass is 9.94. The molecule has 0 fully saturated rings. The van der Waals surface area contributed by atoms with Crippen LogP contribution in [0.5, 0.6) is 0 Å². The number of carbonyl (C=O) groups excluding carboxylic acids is 1. The van der Waals surface area contributed by atoms with Crippen LogP contribution in [-0.4, -0.2) is 33.0 Å². The molecule has 2 aromatic heterocycles. The van der Waals surface area contributed by atoms with E-state index in [1.807, 2.05) is 35.9 Å². The zero-order valence-corrected chi connectivity index (χ0v) is 20.1. The third-order valence-corrected chi connectivity index (χ3v) is 6.00. The summed E-state index contributed by atoms with van der Waals surface area (Å²) in [7, 11) is 1.87. The van der Waals surface area contributed by atoms with Gasteiger partial charge in [-0.2, -0.15) is 5.26 Å². The topological polar surface area (TPSA) is 105 Å². The number of fused-ring (bicyclic) bond motifs is 1. The molecule has 3 rings (SSSR count). The van der Waals surface area contributed by atoms with Crippen molar-refractivity contribution in [1.82, 2.24) is 9.55 Å². The summed E-state index contributed by atoms with van der Waals surface area (Å²) >= 11 is 5.90. The zero-order valence-electron chi connectivity index (χ0n) is 19.4. The monoisotopic (exact) mass is 481 g/mol. The summed E-state index contributed by atoms with van der Waals surface area (Å²) in [5, 5.41) is 19.7. The number of nitrogens with zero attached hydrogens (tertiary/aromatic N) is 3. The van der Waals surface area contributed by atoms with Crippen LogP contribution in [0, 0.1) is 17.2 Å². The number of carboxylic acids is 1. The number of hydrogen-bond acceptors (Lipinski definition) is 5. The number of pyridine rings is 1. The maximum absolute atomic E-state index is 13.2. The van der Waals surface area contributed by atoms with Crippen LogP contribution in [-0.2, 0) is 29.6 Å². The molecule has 0 aliphatic heterocycles. The lowest BCUT2D eigenvalue weighted by Crippen LogP contribution is -2.12. The quantitative estimate of drug-likeness (QED) is 0.277. The molecule has 0 saturated heterocycles. The molecule has 0 spiro atoms. The van der Waals surface area contributed by atoms with Crippen LogP contribution in [0.4, 0.5) is 0 Å². The Morgan fingerprint density at radius 1 is 1.24 bits per heavy atom. The molecule has 0 saturated carbocycles. The Hall–Kier alpha value is -3.21. The number of nitriles is 1. The van der Waals surface area contributed by atoms with Gasteiger partial charge < -0.3 is 14.4 Å². The van der Waals surface area contributed by atoms with Gasteiger partial charge in [-0.3, -0.25) is 9.59 Å². The van der Waals surface area contributed by atoms with Crippen molar-refractivity contribution in [2.75, 3.05) is 6.61 Å². The highest BCUT2D eigenvalue weighted by molar-refractivity contribution is 6.30. The molecule has 1 N–H and O–H groups in total. The number of carboxylic acid groups (broad SMARTS) is 1. The lowest BCUT2D eigenvalue weighted by Gasteiger charge is -2.11. The van der Waals surface area contributed by atoms with Gasteiger partial charge in [0.1, 0.15) is 11.7 Å². The van der Waals surface area contributed by atoms with Gasteiger partial charge in [-0.1, -0.05) is 30.7 Å². The summed E-state index contributed by atoms with van der Waals surface area (Å²) in [6, 6.07) is 11.3. The zero-order chi connectivity index (χ0) is 24.7. The van der Waals surface area contributed by atoms with Gasteiger partial charge in [0, 0.05) is 54.4 Å². The number of aromatic nitrogens is 2. The van der Waals surface area contributed by atoms with E-state index in [0.29, 0.717) is 46.8 Å². The van der Waals surface area contributed by atoms with E-state index < -0.39 is 5.97 Å². The molecule has 34 heavy (non-hydrogen) atoms. The Morgan fingerprint density at radius 3 is 2.65 bits per heavy atom. The molecule has 1 aromatic carbocycles. The van der Waals surface area contributed by atoms with Crippen molar-refractivity contribution in [3.8, 4) is 6.07 Å². The fourth-order valence-electron chi connectivity index (χ4n) is 4.08. The van der Waals surface area contributed by atoms with Gasteiger partial charge in [-0.25, -0.2) is 4.98 Å². The average molecular weight is 482 g/mol. The van der Waals surface area contributed by atoms with Crippen LogP contribution >= 0.6 is 11.6 Å². The van der Waals surface area contributed by atoms with Crippen molar-refractivity contribution in [2.24, 2.45) is 13.0 Å². The van der Waals surface area contributed by atoms with Crippen molar-refractivity contribution >= 4 is 34.4 Å².